The maximum atomic E-state index is 13.1. The summed E-state index contributed by atoms with van der Waals surface area (Å²) in [5.74, 6) is -0.0432. The SMILES string of the molecule is O=C1/C(=C\c2cn(Cc3ccc(Cl)cc3)c3ccccc23)SC(=S)N1Cc1ccccc1. The molecule has 0 spiro atoms. The monoisotopic (exact) mass is 474 g/mol. The van der Waals surface area contributed by atoms with Crippen LogP contribution in [0, 0.1) is 0 Å². The third kappa shape index (κ3) is 4.24. The molecule has 1 amide bonds. The van der Waals surface area contributed by atoms with Crippen LogP contribution in [0.2, 0.25) is 5.02 Å². The Bertz CT molecular complexity index is 1340. The summed E-state index contributed by atoms with van der Waals surface area (Å²) in [4.78, 5) is 15.4. The highest BCUT2D eigenvalue weighted by Gasteiger charge is 2.32. The van der Waals surface area contributed by atoms with Crippen LogP contribution in [-0.4, -0.2) is 19.7 Å². The predicted molar refractivity (Wildman–Crippen MR) is 138 cm³/mol. The van der Waals surface area contributed by atoms with E-state index in [1.165, 1.54) is 11.8 Å². The molecule has 0 radical (unpaired) electrons. The number of amides is 1. The Kier molecular flexibility index (Phi) is 5.87. The molecule has 32 heavy (non-hydrogen) atoms. The zero-order chi connectivity index (χ0) is 22.1. The number of rotatable bonds is 5. The number of fused-ring (bicyclic) bond motifs is 1. The van der Waals surface area contributed by atoms with Gasteiger partial charge in [0, 0.05) is 34.2 Å². The first-order chi connectivity index (χ1) is 15.6. The summed E-state index contributed by atoms with van der Waals surface area (Å²) in [6.45, 7) is 1.21. The molecule has 1 fully saturated rings. The number of carbonyl (C=O) groups excluding carboxylic acids is 1. The van der Waals surface area contributed by atoms with E-state index in [4.69, 9.17) is 23.8 Å². The summed E-state index contributed by atoms with van der Waals surface area (Å²) >= 11 is 12.9. The van der Waals surface area contributed by atoms with Gasteiger partial charge in [0.05, 0.1) is 11.4 Å². The Balaban J connectivity index is 1.46. The maximum absolute atomic E-state index is 13.1. The van der Waals surface area contributed by atoms with Gasteiger partial charge in [0.2, 0.25) is 0 Å². The first-order valence-electron chi connectivity index (χ1n) is 10.2. The van der Waals surface area contributed by atoms with E-state index in [0.717, 1.165) is 39.2 Å². The van der Waals surface area contributed by atoms with Gasteiger partial charge in [0.1, 0.15) is 4.32 Å². The lowest BCUT2D eigenvalue weighted by Gasteiger charge is -2.14. The molecule has 5 rings (SSSR count). The van der Waals surface area contributed by atoms with Crippen molar-refractivity contribution in [3.05, 3.63) is 112 Å². The number of halogens is 1. The fourth-order valence-electron chi connectivity index (χ4n) is 3.85. The van der Waals surface area contributed by atoms with Crippen molar-refractivity contribution in [1.82, 2.24) is 9.47 Å². The van der Waals surface area contributed by atoms with E-state index in [-0.39, 0.29) is 5.91 Å². The Morgan fingerprint density at radius 1 is 0.875 bits per heavy atom. The molecular formula is C26H19ClN2OS2. The Morgan fingerprint density at radius 3 is 2.34 bits per heavy atom. The third-order valence-electron chi connectivity index (χ3n) is 5.43. The molecule has 6 heteroatoms. The van der Waals surface area contributed by atoms with E-state index in [2.05, 4.69) is 22.9 Å². The van der Waals surface area contributed by atoms with Gasteiger partial charge in [-0.3, -0.25) is 9.69 Å². The number of aromatic nitrogens is 1. The topological polar surface area (TPSA) is 25.2 Å². The molecule has 1 aromatic heterocycles. The number of para-hydroxylation sites is 1. The van der Waals surface area contributed by atoms with Crippen molar-refractivity contribution in [2.24, 2.45) is 0 Å². The van der Waals surface area contributed by atoms with Crippen LogP contribution in [0.3, 0.4) is 0 Å². The van der Waals surface area contributed by atoms with Crippen LogP contribution >= 0.6 is 35.6 Å². The molecule has 1 aliphatic rings. The van der Waals surface area contributed by atoms with Crippen LogP contribution in [0.15, 0.2) is 90.0 Å². The van der Waals surface area contributed by atoms with E-state index in [0.29, 0.717) is 15.8 Å². The minimum absolute atomic E-state index is 0.0432. The Hall–Kier alpha value is -2.86. The van der Waals surface area contributed by atoms with Gasteiger partial charge in [-0.05, 0) is 35.4 Å². The molecule has 0 bridgehead atoms. The highest BCUT2D eigenvalue weighted by molar-refractivity contribution is 8.26. The zero-order valence-electron chi connectivity index (χ0n) is 17.1. The molecule has 4 aromatic rings. The third-order valence-corrected chi connectivity index (χ3v) is 7.06. The van der Waals surface area contributed by atoms with E-state index in [9.17, 15) is 4.79 Å². The highest BCUT2D eigenvalue weighted by atomic mass is 35.5. The molecular weight excluding hydrogens is 456 g/mol. The Morgan fingerprint density at radius 2 is 1.56 bits per heavy atom. The normalized spacial score (nSPS) is 15.3. The minimum atomic E-state index is -0.0432. The Labute approximate surface area is 201 Å². The van der Waals surface area contributed by atoms with E-state index < -0.39 is 0 Å². The molecule has 158 valence electrons. The van der Waals surface area contributed by atoms with Gasteiger partial charge in [-0.2, -0.15) is 0 Å². The van der Waals surface area contributed by atoms with Crippen molar-refractivity contribution >= 4 is 62.8 Å². The van der Waals surface area contributed by atoms with Crippen molar-refractivity contribution in [3.63, 3.8) is 0 Å². The molecule has 0 aliphatic carbocycles. The molecule has 3 aromatic carbocycles. The molecule has 1 aliphatic heterocycles. The number of nitrogens with zero attached hydrogens (tertiary/aromatic N) is 2. The second-order valence-electron chi connectivity index (χ2n) is 7.61. The number of hydrogen-bond acceptors (Lipinski definition) is 3. The molecule has 0 atom stereocenters. The van der Waals surface area contributed by atoms with E-state index in [1.807, 2.05) is 72.8 Å². The van der Waals surface area contributed by atoms with Crippen LogP contribution in [0.5, 0.6) is 0 Å². The van der Waals surface area contributed by atoms with Crippen LogP contribution in [0.1, 0.15) is 16.7 Å². The fourth-order valence-corrected chi connectivity index (χ4v) is 5.22. The van der Waals surface area contributed by atoms with Crippen molar-refractivity contribution in [2.75, 3.05) is 0 Å². The lowest BCUT2D eigenvalue weighted by atomic mass is 10.1. The van der Waals surface area contributed by atoms with Gasteiger partial charge < -0.3 is 4.57 Å². The summed E-state index contributed by atoms with van der Waals surface area (Å²) < 4.78 is 2.80. The van der Waals surface area contributed by atoms with Gasteiger partial charge in [-0.1, -0.05) is 96.2 Å². The van der Waals surface area contributed by atoms with Crippen LogP contribution < -0.4 is 0 Å². The molecule has 1 saturated heterocycles. The van der Waals surface area contributed by atoms with Crippen molar-refractivity contribution in [1.29, 1.82) is 0 Å². The van der Waals surface area contributed by atoms with Crippen LogP contribution in [0.4, 0.5) is 0 Å². The first-order valence-corrected chi connectivity index (χ1v) is 11.8. The number of hydrogen-bond donors (Lipinski definition) is 0. The van der Waals surface area contributed by atoms with Crippen molar-refractivity contribution < 1.29 is 4.79 Å². The summed E-state index contributed by atoms with van der Waals surface area (Å²) in [6.07, 6.45) is 4.06. The number of thiocarbonyl (C=S) groups is 1. The lowest BCUT2D eigenvalue weighted by Crippen LogP contribution is -2.27. The van der Waals surface area contributed by atoms with Crippen LogP contribution in [0.25, 0.3) is 17.0 Å². The zero-order valence-corrected chi connectivity index (χ0v) is 19.5. The quantitative estimate of drug-likeness (QED) is 0.236. The van der Waals surface area contributed by atoms with Gasteiger partial charge in [-0.15, -0.1) is 0 Å². The molecule has 2 heterocycles. The molecule has 0 N–H and O–H groups in total. The highest BCUT2D eigenvalue weighted by Crippen LogP contribution is 2.35. The van der Waals surface area contributed by atoms with Gasteiger partial charge >= 0.3 is 0 Å². The second kappa shape index (κ2) is 8.94. The van der Waals surface area contributed by atoms with E-state index in [1.54, 1.807) is 4.90 Å². The van der Waals surface area contributed by atoms with Gasteiger partial charge in [0.15, 0.2) is 0 Å². The lowest BCUT2D eigenvalue weighted by molar-refractivity contribution is -0.122. The van der Waals surface area contributed by atoms with Crippen molar-refractivity contribution in [2.45, 2.75) is 13.1 Å². The minimum Gasteiger partial charge on any atom is -0.342 e. The van der Waals surface area contributed by atoms with Crippen LogP contribution in [-0.2, 0) is 17.9 Å². The maximum Gasteiger partial charge on any atom is 0.266 e. The van der Waals surface area contributed by atoms with E-state index >= 15 is 0 Å². The molecule has 3 nitrogen and oxygen atoms in total. The summed E-state index contributed by atoms with van der Waals surface area (Å²) in [5.41, 5.74) is 4.35. The second-order valence-corrected chi connectivity index (χ2v) is 9.72. The average molecular weight is 475 g/mol. The van der Waals surface area contributed by atoms with Crippen molar-refractivity contribution in [3.8, 4) is 0 Å². The first kappa shape index (κ1) is 21.0. The largest absolute Gasteiger partial charge is 0.342 e. The summed E-state index contributed by atoms with van der Waals surface area (Å²) in [6, 6.07) is 26.0. The van der Waals surface area contributed by atoms with Gasteiger partial charge in [-0.25, -0.2) is 0 Å². The average Bonchev–Trinajstić information content (AvgIpc) is 3.28. The van der Waals surface area contributed by atoms with Gasteiger partial charge in [0.25, 0.3) is 5.91 Å². The number of benzene rings is 3. The smallest absolute Gasteiger partial charge is 0.266 e. The number of thioether (sulfide) groups is 1. The standard InChI is InChI=1S/C26H19ClN2OS2/c27-21-12-10-19(11-13-21)15-28-17-20(22-8-4-5-9-23(22)28)14-24-25(30)29(26(31)32-24)16-18-6-2-1-3-7-18/h1-14,17H,15-16H2/b24-14+. The fraction of sp³-hybridized carbons (Fsp3) is 0.0769. The summed E-state index contributed by atoms with van der Waals surface area (Å²) in [7, 11) is 0. The summed E-state index contributed by atoms with van der Waals surface area (Å²) in [5, 5.41) is 1.83. The molecule has 0 saturated carbocycles. The molecule has 0 unspecified atom stereocenters. The number of carbonyl (C=O) groups is 1. The predicted octanol–water partition coefficient (Wildman–Crippen LogP) is 6.74.